The topological polar surface area (TPSA) is 98.5 Å². The van der Waals surface area contributed by atoms with Crippen molar-refractivity contribution in [2.24, 2.45) is 5.73 Å². The predicted molar refractivity (Wildman–Crippen MR) is 81.9 cm³/mol. The van der Waals surface area contributed by atoms with Crippen molar-refractivity contribution in [2.75, 3.05) is 19.1 Å². The Morgan fingerprint density at radius 3 is 2.67 bits per heavy atom. The minimum Gasteiger partial charge on any atom is -0.497 e. The fourth-order valence-electron chi connectivity index (χ4n) is 1.79. The van der Waals surface area contributed by atoms with Crippen molar-refractivity contribution in [2.45, 2.75) is 25.4 Å². The molecule has 1 aromatic rings. The molecule has 2 unspecified atom stereocenters. The molecule has 1 aromatic carbocycles. The number of hydrogen-bond donors (Lipinski definition) is 2. The van der Waals surface area contributed by atoms with E-state index in [0.717, 1.165) is 11.8 Å². The fourth-order valence-corrected chi connectivity index (χ4v) is 2.47. The Labute approximate surface area is 125 Å². The van der Waals surface area contributed by atoms with E-state index in [9.17, 15) is 13.2 Å². The van der Waals surface area contributed by atoms with Gasteiger partial charge in [0.1, 0.15) is 15.6 Å². The van der Waals surface area contributed by atoms with Gasteiger partial charge < -0.3 is 15.8 Å². The van der Waals surface area contributed by atoms with Crippen molar-refractivity contribution in [1.29, 1.82) is 0 Å². The highest BCUT2D eigenvalue weighted by Crippen LogP contribution is 2.18. The van der Waals surface area contributed by atoms with Crippen LogP contribution in [0.2, 0.25) is 0 Å². The maximum Gasteiger partial charge on any atom is 0.237 e. The van der Waals surface area contributed by atoms with Gasteiger partial charge >= 0.3 is 0 Å². The highest BCUT2D eigenvalue weighted by molar-refractivity contribution is 7.90. The van der Waals surface area contributed by atoms with Gasteiger partial charge in [0, 0.05) is 6.26 Å². The fraction of sp³-hybridized carbons (Fsp3) is 0.500. The molecule has 0 aliphatic carbocycles. The highest BCUT2D eigenvalue weighted by Gasteiger charge is 2.18. The van der Waals surface area contributed by atoms with Gasteiger partial charge in [-0.05, 0) is 31.0 Å². The summed E-state index contributed by atoms with van der Waals surface area (Å²) in [6, 6.07) is 6.27. The van der Waals surface area contributed by atoms with Gasteiger partial charge in [-0.15, -0.1) is 0 Å². The van der Waals surface area contributed by atoms with Gasteiger partial charge in [-0.1, -0.05) is 12.1 Å². The first kappa shape index (κ1) is 17.5. The lowest BCUT2D eigenvalue weighted by Crippen LogP contribution is -2.42. The molecule has 0 aliphatic rings. The van der Waals surface area contributed by atoms with Crippen molar-refractivity contribution in [1.82, 2.24) is 5.32 Å². The van der Waals surface area contributed by atoms with E-state index in [0.29, 0.717) is 5.75 Å². The molecule has 0 aromatic heterocycles. The summed E-state index contributed by atoms with van der Waals surface area (Å²) in [5.41, 5.74) is 6.59. The summed E-state index contributed by atoms with van der Waals surface area (Å²) in [6.45, 7) is 1.83. The second-order valence-electron chi connectivity index (χ2n) is 5.03. The third kappa shape index (κ3) is 6.14. The molecule has 3 N–H and O–H groups in total. The quantitative estimate of drug-likeness (QED) is 0.769. The zero-order valence-electron chi connectivity index (χ0n) is 12.5. The molecule has 1 amide bonds. The number of nitrogens with one attached hydrogen (secondary N) is 1. The standard InChI is InChI=1S/C14H22N2O4S/c1-10(11-5-4-6-12(9-11)20-2)16-14(17)13(15)7-8-21(3,18)19/h4-6,9-10,13H,7-8,15H2,1-3H3,(H,16,17). The van der Waals surface area contributed by atoms with E-state index in [1.807, 2.05) is 31.2 Å². The largest absolute Gasteiger partial charge is 0.497 e. The first-order chi connectivity index (χ1) is 9.73. The molecule has 0 spiro atoms. The van der Waals surface area contributed by atoms with Crippen LogP contribution in [0.3, 0.4) is 0 Å². The molecule has 0 bridgehead atoms. The normalized spacial score (nSPS) is 14.3. The van der Waals surface area contributed by atoms with E-state index in [-0.39, 0.29) is 24.1 Å². The van der Waals surface area contributed by atoms with Gasteiger partial charge in [0.2, 0.25) is 5.91 Å². The maximum absolute atomic E-state index is 11.9. The second-order valence-corrected chi connectivity index (χ2v) is 7.29. The monoisotopic (exact) mass is 314 g/mol. The van der Waals surface area contributed by atoms with Crippen LogP contribution in [0, 0.1) is 0 Å². The lowest BCUT2D eigenvalue weighted by Gasteiger charge is -2.18. The number of benzene rings is 1. The van der Waals surface area contributed by atoms with Crippen LogP contribution in [0.1, 0.15) is 24.9 Å². The van der Waals surface area contributed by atoms with Crippen LogP contribution in [0.15, 0.2) is 24.3 Å². The van der Waals surface area contributed by atoms with E-state index in [2.05, 4.69) is 5.32 Å². The number of sulfone groups is 1. The van der Waals surface area contributed by atoms with Gasteiger partial charge in [-0.2, -0.15) is 0 Å². The summed E-state index contributed by atoms with van der Waals surface area (Å²) in [5.74, 6) is 0.235. The zero-order chi connectivity index (χ0) is 16.0. The van der Waals surface area contributed by atoms with E-state index in [1.54, 1.807) is 7.11 Å². The summed E-state index contributed by atoms with van der Waals surface area (Å²) in [7, 11) is -1.55. The minimum atomic E-state index is -3.12. The number of rotatable bonds is 7. The van der Waals surface area contributed by atoms with Crippen LogP contribution in [0.5, 0.6) is 5.75 Å². The molecule has 0 fully saturated rings. The van der Waals surface area contributed by atoms with Gasteiger partial charge in [-0.3, -0.25) is 4.79 Å². The first-order valence-corrected chi connectivity index (χ1v) is 8.66. The van der Waals surface area contributed by atoms with Crippen LogP contribution in [-0.2, 0) is 14.6 Å². The molecule has 1 rings (SSSR count). The Bertz CT molecular complexity index is 586. The van der Waals surface area contributed by atoms with Crippen LogP contribution in [-0.4, -0.2) is 39.5 Å². The molecule has 21 heavy (non-hydrogen) atoms. The van der Waals surface area contributed by atoms with Gasteiger partial charge in [0.05, 0.1) is 24.9 Å². The summed E-state index contributed by atoms with van der Waals surface area (Å²) in [5, 5.41) is 2.77. The maximum atomic E-state index is 11.9. The average molecular weight is 314 g/mol. The molecule has 0 saturated heterocycles. The highest BCUT2D eigenvalue weighted by atomic mass is 32.2. The third-order valence-corrected chi connectivity index (χ3v) is 4.07. The summed E-state index contributed by atoms with van der Waals surface area (Å²) >= 11 is 0. The van der Waals surface area contributed by atoms with Crippen molar-refractivity contribution >= 4 is 15.7 Å². The first-order valence-electron chi connectivity index (χ1n) is 6.60. The number of methoxy groups -OCH3 is 1. The van der Waals surface area contributed by atoms with Crippen LogP contribution in [0.4, 0.5) is 0 Å². The molecule has 6 nitrogen and oxygen atoms in total. The van der Waals surface area contributed by atoms with E-state index < -0.39 is 15.9 Å². The van der Waals surface area contributed by atoms with E-state index in [4.69, 9.17) is 10.5 Å². The smallest absolute Gasteiger partial charge is 0.237 e. The number of hydrogen-bond acceptors (Lipinski definition) is 5. The Kier molecular flexibility index (Phi) is 6.17. The van der Waals surface area contributed by atoms with Gasteiger partial charge in [0.15, 0.2) is 0 Å². The molecule has 7 heteroatoms. The Balaban J connectivity index is 2.60. The number of nitrogens with two attached hydrogens (primary N) is 1. The molecular weight excluding hydrogens is 292 g/mol. The molecule has 0 heterocycles. The van der Waals surface area contributed by atoms with Crippen molar-refractivity contribution in [3.05, 3.63) is 29.8 Å². The Morgan fingerprint density at radius 2 is 2.10 bits per heavy atom. The minimum absolute atomic E-state index is 0.102. The molecular formula is C14H22N2O4S. The molecule has 0 saturated carbocycles. The summed E-state index contributed by atoms with van der Waals surface area (Å²) < 4.78 is 27.3. The number of carbonyl (C=O) groups excluding carboxylic acids is 1. The van der Waals surface area contributed by atoms with Gasteiger partial charge in [-0.25, -0.2) is 8.42 Å². The molecule has 0 aliphatic heterocycles. The number of carbonyl (C=O) groups is 1. The van der Waals surface area contributed by atoms with E-state index in [1.165, 1.54) is 0 Å². The van der Waals surface area contributed by atoms with Crippen LogP contribution >= 0.6 is 0 Å². The van der Waals surface area contributed by atoms with Gasteiger partial charge in [0.25, 0.3) is 0 Å². The Morgan fingerprint density at radius 1 is 1.43 bits per heavy atom. The van der Waals surface area contributed by atoms with Crippen molar-refractivity contribution in [3.8, 4) is 5.75 Å². The van der Waals surface area contributed by atoms with Crippen molar-refractivity contribution in [3.63, 3.8) is 0 Å². The molecule has 0 radical (unpaired) electrons. The average Bonchev–Trinajstić information content (AvgIpc) is 2.43. The lowest BCUT2D eigenvalue weighted by atomic mass is 10.1. The second kappa shape index (κ2) is 7.42. The zero-order valence-corrected chi connectivity index (χ0v) is 13.3. The van der Waals surface area contributed by atoms with E-state index >= 15 is 0 Å². The van der Waals surface area contributed by atoms with Crippen LogP contribution in [0.25, 0.3) is 0 Å². The summed E-state index contributed by atoms with van der Waals surface area (Å²) in [6.07, 6.45) is 1.23. The van der Waals surface area contributed by atoms with Crippen LogP contribution < -0.4 is 15.8 Å². The SMILES string of the molecule is COc1cccc(C(C)NC(=O)C(N)CCS(C)(=O)=O)c1. The Hall–Kier alpha value is -1.60. The molecule has 118 valence electrons. The number of ether oxygens (including phenoxy) is 1. The predicted octanol–water partition coefficient (Wildman–Crippen LogP) is 0.634. The third-order valence-electron chi connectivity index (χ3n) is 3.09. The molecule has 2 atom stereocenters. The lowest BCUT2D eigenvalue weighted by molar-refractivity contribution is -0.123. The number of amides is 1. The van der Waals surface area contributed by atoms with Crippen molar-refractivity contribution < 1.29 is 17.9 Å². The summed E-state index contributed by atoms with van der Waals surface area (Å²) in [4.78, 5) is 11.9.